The molecule has 2 rings (SSSR count). The van der Waals surface area contributed by atoms with Crippen molar-refractivity contribution in [3.63, 3.8) is 0 Å². The SMILES string of the molecule is Cc1cncc(CC(N)c2ccccc2)c1. The quantitative estimate of drug-likeness (QED) is 0.849. The highest BCUT2D eigenvalue weighted by Crippen LogP contribution is 2.15. The Morgan fingerprint density at radius 3 is 2.62 bits per heavy atom. The fraction of sp³-hybridized carbons (Fsp3) is 0.214. The van der Waals surface area contributed by atoms with E-state index in [1.165, 1.54) is 16.7 Å². The second kappa shape index (κ2) is 4.90. The van der Waals surface area contributed by atoms with Crippen LogP contribution < -0.4 is 5.73 Å². The molecule has 0 fully saturated rings. The summed E-state index contributed by atoms with van der Waals surface area (Å²) in [6.07, 6.45) is 4.58. The highest BCUT2D eigenvalue weighted by Gasteiger charge is 2.06. The van der Waals surface area contributed by atoms with Crippen LogP contribution in [0.2, 0.25) is 0 Å². The zero-order valence-corrected chi connectivity index (χ0v) is 9.43. The molecule has 82 valence electrons. The number of pyridine rings is 1. The van der Waals surface area contributed by atoms with Gasteiger partial charge in [-0.25, -0.2) is 0 Å². The second-order valence-electron chi connectivity index (χ2n) is 4.09. The van der Waals surface area contributed by atoms with Gasteiger partial charge in [-0.3, -0.25) is 4.98 Å². The van der Waals surface area contributed by atoms with Crippen LogP contribution in [0.5, 0.6) is 0 Å². The number of hydrogen-bond donors (Lipinski definition) is 1. The molecule has 1 heterocycles. The Bertz CT molecular complexity index is 451. The summed E-state index contributed by atoms with van der Waals surface area (Å²) in [7, 11) is 0. The normalized spacial score (nSPS) is 12.4. The first-order valence-electron chi connectivity index (χ1n) is 5.47. The molecule has 1 aromatic heterocycles. The summed E-state index contributed by atoms with van der Waals surface area (Å²) in [6, 6.07) is 12.3. The van der Waals surface area contributed by atoms with Gasteiger partial charge in [-0.15, -0.1) is 0 Å². The van der Waals surface area contributed by atoms with E-state index in [2.05, 4.69) is 23.2 Å². The number of benzene rings is 1. The third-order valence-electron chi connectivity index (χ3n) is 2.61. The third kappa shape index (κ3) is 2.67. The molecule has 1 atom stereocenters. The van der Waals surface area contributed by atoms with Crippen LogP contribution in [-0.4, -0.2) is 4.98 Å². The molecule has 0 radical (unpaired) electrons. The number of rotatable bonds is 3. The minimum absolute atomic E-state index is 0.0461. The summed E-state index contributed by atoms with van der Waals surface area (Å²) >= 11 is 0. The highest BCUT2D eigenvalue weighted by molar-refractivity contribution is 5.23. The Balaban J connectivity index is 2.11. The fourth-order valence-electron chi connectivity index (χ4n) is 1.80. The van der Waals surface area contributed by atoms with Crippen LogP contribution in [0.4, 0.5) is 0 Å². The Hall–Kier alpha value is -1.67. The van der Waals surface area contributed by atoms with Crippen LogP contribution in [0.15, 0.2) is 48.8 Å². The van der Waals surface area contributed by atoms with E-state index in [0.717, 1.165) is 6.42 Å². The van der Waals surface area contributed by atoms with Gasteiger partial charge < -0.3 is 5.73 Å². The molecule has 0 aliphatic heterocycles. The Morgan fingerprint density at radius 2 is 1.94 bits per heavy atom. The van der Waals surface area contributed by atoms with Crippen LogP contribution in [0.25, 0.3) is 0 Å². The van der Waals surface area contributed by atoms with Gasteiger partial charge in [-0.1, -0.05) is 36.4 Å². The number of nitrogens with two attached hydrogens (primary N) is 1. The molecule has 0 bridgehead atoms. The van der Waals surface area contributed by atoms with E-state index in [4.69, 9.17) is 5.73 Å². The van der Waals surface area contributed by atoms with Crippen LogP contribution in [-0.2, 0) is 6.42 Å². The highest BCUT2D eigenvalue weighted by atomic mass is 14.6. The lowest BCUT2D eigenvalue weighted by Gasteiger charge is -2.11. The molecule has 0 aliphatic rings. The molecule has 0 saturated heterocycles. The van der Waals surface area contributed by atoms with E-state index in [9.17, 15) is 0 Å². The van der Waals surface area contributed by atoms with E-state index in [-0.39, 0.29) is 6.04 Å². The lowest BCUT2D eigenvalue weighted by molar-refractivity contribution is 0.719. The average molecular weight is 212 g/mol. The maximum atomic E-state index is 6.15. The molecule has 0 saturated carbocycles. The van der Waals surface area contributed by atoms with Gasteiger partial charge >= 0.3 is 0 Å². The summed E-state index contributed by atoms with van der Waals surface area (Å²) in [5.41, 5.74) is 9.69. The molecule has 0 aliphatic carbocycles. The van der Waals surface area contributed by atoms with Crippen molar-refractivity contribution in [2.75, 3.05) is 0 Å². The van der Waals surface area contributed by atoms with Gasteiger partial charge in [0.2, 0.25) is 0 Å². The Kier molecular flexibility index (Phi) is 3.32. The van der Waals surface area contributed by atoms with Gasteiger partial charge in [0, 0.05) is 18.4 Å². The molecule has 2 nitrogen and oxygen atoms in total. The van der Waals surface area contributed by atoms with Crippen molar-refractivity contribution >= 4 is 0 Å². The zero-order valence-electron chi connectivity index (χ0n) is 9.43. The van der Waals surface area contributed by atoms with E-state index in [1.54, 1.807) is 0 Å². The number of hydrogen-bond acceptors (Lipinski definition) is 2. The molecule has 0 spiro atoms. The maximum absolute atomic E-state index is 6.15. The summed E-state index contributed by atoms with van der Waals surface area (Å²) < 4.78 is 0. The van der Waals surface area contributed by atoms with Gasteiger partial charge in [0.25, 0.3) is 0 Å². The van der Waals surface area contributed by atoms with Crippen molar-refractivity contribution in [2.24, 2.45) is 5.73 Å². The lowest BCUT2D eigenvalue weighted by Crippen LogP contribution is -2.13. The third-order valence-corrected chi connectivity index (χ3v) is 2.61. The first kappa shape index (κ1) is 10.8. The molecule has 0 amide bonds. The van der Waals surface area contributed by atoms with Crippen LogP contribution >= 0.6 is 0 Å². The first-order valence-corrected chi connectivity index (χ1v) is 5.47. The summed E-state index contributed by atoms with van der Waals surface area (Å²) in [5.74, 6) is 0. The topological polar surface area (TPSA) is 38.9 Å². The van der Waals surface area contributed by atoms with E-state index in [0.29, 0.717) is 0 Å². The first-order chi connectivity index (χ1) is 7.75. The van der Waals surface area contributed by atoms with E-state index >= 15 is 0 Å². The van der Waals surface area contributed by atoms with E-state index < -0.39 is 0 Å². The maximum Gasteiger partial charge on any atom is 0.0336 e. The summed E-state index contributed by atoms with van der Waals surface area (Å²) in [4.78, 5) is 4.18. The Labute approximate surface area is 96.1 Å². The van der Waals surface area contributed by atoms with Crippen molar-refractivity contribution in [3.05, 3.63) is 65.5 Å². The van der Waals surface area contributed by atoms with Crippen molar-refractivity contribution in [1.29, 1.82) is 0 Å². The molecule has 2 N–H and O–H groups in total. The minimum Gasteiger partial charge on any atom is -0.324 e. The second-order valence-corrected chi connectivity index (χ2v) is 4.09. The molecule has 1 aromatic carbocycles. The average Bonchev–Trinajstić information content (AvgIpc) is 2.30. The minimum atomic E-state index is 0.0461. The lowest BCUT2D eigenvalue weighted by atomic mass is 10.0. The summed E-state index contributed by atoms with van der Waals surface area (Å²) in [6.45, 7) is 2.05. The molecule has 16 heavy (non-hydrogen) atoms. The van der Waals surface area contributed by atoms with Gasteiger partial charge in [0.1, 0.15) is 0 Å². The number of nitrogens with zero attached hydrogens (tertiary/aromatic N) is 1. The van der Waals surface area contributed by atoms with Crippen LogP contribution in [0.1, 0.15) is 22.7 Å². The van der Waals surface area contributed by atoms with Crippen molar-refractivity contribution in [1.82, 2.24) is 4.98 Å². The van der Waals surface area contributed by atoms with Crippen molar-refractivity contribution < 1.29 is 0 Å². The molecule has 1 unspecified atom stereocenters. The smallest absolute Gasteiger partial charge is 0.0336 e. The number of aryl methyl sites for hydroxylation is 1. The molecular weight excluding hydrogens is 196 g/mol. The monoisotopic (exact) mass is 212 g/mol. The Morgan fingerprint density at radius 1 is 1.19 bits per heavy atom. The largest absolute Gasteiger partial charge is 0.324 e. The molecule has 2 aromatic rings. The van der Waals surface area contributed by atoms with Gasteiger partial charge in [-0.2, -0.15) is 0 Å². The number of aromatic nitrogens is 1. The van der Waals surface area contributed by atoms with Crippen LogP contribution in [0, 0.1) is 6.92 Å². The van der Waals surface area contributed by atoms with Gasteiger partial charge in [0.15, 0.2) is 0 Å². The molecular formula is C14H16N2. The predicted octanol–water partition coefficient (Wildman–Crippen LogP) is 2.63. The fourth-order valence-corrected chi connectivity index (χ4v) is 1.80. The summed E-state index contributed by atoms with van der Waals surface area (Å²) in [5, 5.41) is 0. The van der Waals surface area contributed by atoms with Crippen molar-refractivity contribution in [3.8, 4) is 0 Å². The molecule has 2 heteroatoms. The predicted molar refractivity (Wildman–Crippen MR) is 66.0 cm³/mol. The van der Waals surface area contributed by atoms with Gasteiger partial charge in [0.05, 0.1) is 0 Å². The van der Waals surface area contributed by atoms with Crippen LogP contribution in [0.3, 0.4) is 0 Å². The standard InChI is InChI=1S/C14H16N2/c1-11-7-12(10-16-9-11)8-14(15)13-5-3-2-4-6-13/h2-7,9-10,14H,8,15H2,1H3. The van der Waals surface area contributed by atoms with Crippen molar-refractivity contribution in [2.45, 2.75) is 19.4 Å². The van der Waals surface area contributed by atoms with E-state index in [1.807, 2.05) is 37.5 Å². The van der Waals surface area contributed by atoms with Gasteiger partial charge in [-0.05, 0) is 30.0 Å². The zero-order chi connectivity index (χ0) is 11.4.